The number of aliphatic carboxylic acids is 1. The first-order valence-corrected chi connectivity index (χ1v) is 5.85. The maximum atomic E-state index is 11.5. The fraction of sp³-hybridized carbons (Fsp3) is 0.625. The monoisotopic (exact) mass is 275 g/mol. The van der Waals surface area contributed by atoms with Crippen LogP contribution in [0.1, 0.15) is 12.8 Å². The van der Waals surface area contributed by atoms with Gasteiger partial charge in [0, 0.05) is 25.2 Å². The van der Waals surface area contributed by atoms with E-state index in [0.29, 0.717) is 13.0 Å². The van der Waals surface area contributed by atoms with Crippen LogP contribution in [0.3, 0.4) is 0 Å². The van der Waals surface area contributed by atoms with Gasteiger partial charge in [0.2, 0.25) is 5.13 Å². The van der Waals surface area contributed by atoms with E-state index in [0.717, 1.165) is 11.5 Å². The molecule has 1 rings (SSSR count). The molecule has 0 saturated carbocycles. The first-order chi connectivity index (χ1) is 8.63. The molecule has 0 radical (unpaired) electrons. The van der Waals surface area contributed by atoms with Gasteiger partial charge in [-0.15, -0.1) is 0 Å². The van der Waals surface area contributed by atoms with E-state index in [-0.39, 0.29) is 11.6 Å². The lowest BCUT2D eigenvalue weighted by Gasteiger charge is -2.13. The summed E-state index contributed by atoms with van der Waals surface area (Å²) in [5.41, 5.74) is 0. The topological polar surface area (TPSA) is 126 Å². The van der Waals surface area contributed by atoms with Crippen LogP contribution >= 0.6 is 11.5 Å². The number of anilines is 1. The highest BCUT2D eigenvalue weighted by Gasteiger charge is 2.19. The van der Waals surface area contributed by atoms with Crippen molar-refractivity contribution < 1.29 is 19.4 Å². The summed E-state index contributed by atoms with van der Waals surface area (Å²) in [6.45, 7) is 0.438. The van der Waals surface area contributed by atoms with Gasteiger partial charge < -0.3 is 15.2 Å². The lowest BCUT2D eigenvalue weighted by atomic mass is 10.1. The lowest BCUT2D eigenvalue weighted by molar-refractivity contribution is -0.139. The molecule has 1 atom stereocenters. The van der Waals surface area contributed by atoms with Crippen LogP contribution in [-0.2, 0) is 9.53 Å². The van der Waals surface area contributed by atoms with Crippen molar-refractivity contribution in [3.63, 3.8) is 0 Å². The molecule has 100 valence electrons. The van der Waals surface area contributed by atoms with E-state index in [1.165, 1.54) is 7.11 Å². The molecule has 1 unspecified atom stereocenters. The highest BCUT2D eigenvalue weighted by Crippen LogP contribution is 2.05. The fourth-order valence-electron chi connectivity index (χ4n) is 1.16. The molecule has 0 fully saturated rings. The Hall–Kier alpha value is -1.81. The van der Waals surface area contributed by atoms with Gasteiger partial charge in [0.25, 0.3) is 0 Å². The average Bonchev–Trinajstić information content (AvgIpc) is 2.80. The third-order valence-corrected chi connectivity index (χ3v) is 2.48. The first-order valence-electron chi connectivity index (χ1n) is 5.07. The molecule has 2 amide bonds. The Kier molecular flexibility index (Phi) is 5.94. The van der Waals surface area contributed by atoms with E-state index in [2.05, 4.69) is 25.4 Å². The van der Waals surface area contributed by atoms with E-state index in [1.54, 1.807) is 0 Å². The zero-order chi connectivity index (χ0) is 13.4. The molecule has 3 N–H and O–H groups in total. The maximum Gasteiger partial charge on any atom is 0.326 e. The van der Waals surface area contributed by atoms with Gasteiger partial charge in [0.15, 0.2) is 0 Å². The number of nitrogens with zero attached hydrogens (tertiary/aromatic N) is 3. The second-order valence-corrected chi connectivity index (χ2v) is 4.02. The van der Waals surface area contributed by atoms with Crippen molar-refractivity contribution in [3.05, 3.63) is 0 Å². The van der Waals surface area contributed by atoms with Crippen molar-refractivity contribution >= 4 is 28.7 Å². The first kappa shape index (κ1) is 14.3. The third-order valence-electron chi connectivity index (χ3n) is 1.96. The Balaban J connectivity index is 2.40. The number of carboxylic acids is 1. The zero-order valence-corrected chi connectivity index (χ0v) is 10.4. The van der Waals surface area contributed by atoms with Crippen molar-refractivity contribution in [1.82, 2.24) is 20.1 Å². The summed E-state index contributed by atoms with van der Waals surface area (Å²) in [7, 11) is 1.53. The molecule has 0 aliphatic rings. The molecule has 1 heterocycles. The van der Waals surface area contributed by atoms with Crippen LogP contribution < -0.4 is 10.6 Å². The summed E-state index contributed by atoms with van der Waals surface area (Å²) >= 11 is 0.897. The number of aromatic nitrogens is 3. The molecule has 0 aromatic carbocycles. The largest absolute Gasteiger partial charge is 0.480 e. The van der Waals surface area contributed by atoms with Crippen LogP contribution in [0.5, 0.6) is 0 Å². The Morgan fingerprint density at radius 3 is 2.89 bits per heavy atom. The van der Waals surface area contributed by atoms with Gasteiger partial charge in [-0.05, 0) is 18.1 Å². The van der Waals surface area contributed by atoms with Crippen molar-refractivity contribution in [2.45, 2.75) is 18.9 Å². The number of hydrogen-bond donors (Lipinski definition) is 3. The number of carbonyl (C=O) groups excluding carboxylic acids is 1. The number of hydrogen-bond acceptors (Lipinski definition) is 7. The number of urea groups is 1. The minimum Gasteiger partial charge on any atom is -0.480 e. The van der Waals surface area contributed by atoms with E-state index in [9.17, 15) is 9.59 Å². The number of methoxy groups -OCH3 is 1. The normalized spacial score (nSPS) is 11.8. The maximum absolute atomic E-state index is 11.5. The molecule has 0 saturated heterocycles. The molecule has 0 aliphatic heterocycles. The quantitative estimate of drug-likeness (QED) is 0.595. The Morgan fingerprint density at radius 1 is 1.56 bits per heavy atom. The molecular weight excluding hydrogens is 262 g/mol. The lowest BCUT2D eigenvalue weighted by Crippen LogP contribution is -2.43. The van der Waals surface area contributed by atoms with E-state index in [4.69, 9.17) is 9.84 Å². The summed E-state index contributed by atoms with van der Waals surface area (Å²) in [4.78, 5) is 22.4. The van der Waals surface area contributed by atoms with Crippen molar-refractivity contribution in [3.8, 4) is 0 Å². The molecule has 0 spiro atoms. The van der Waals surface area contributed by atoms with Gasteiger partial charge in [0.1, 0.15) is 6.04 Å². The number of carboxylic acid groups (broad SMARTS) is 1. The van der Waals surface area contributed by atoms with Crippen molar-refractivity contribution in [2.24, 2.45) is 0 Å². The second-order valence-electron chi connectivity index (χ2n) is 3.29. The highest BCUT2D eigenvalue weighted by molar-refractivity contribution is 7.09. The van der Waals surface area contributed by atoms with Gasteiger partial charge >= 0.3 is 12.0 Å². The second kappa shape index (κ2) is 7.50. The number of ether oxygens (including phenoxy) is 1. The zero-order valence-electron chi connectivity index (χ0n) is 9.62. The Bertz CT molecular complexity index is 385. The molecule has 18 heavy (non-hydrogen) atoms. The molecule has 0 aliphatic carbocycles. The standard InChI is InChI=1S/C8H13N5O4S/c1-17-4-2-3-5(6(14)15)9-7(16)10-8-11-12-13-18-8/h5H,2-4H2,1H3,(H,14,15)(H2,9,10,11,13,16). The molecule has 9 nitrogen and oxygen atoms in total. The van der Waals surface area contributed by atoms with Crippen LogP contribution in [-0.4, -0.2) is 51.7 Å². The fourth-order valence-corrected chi connectivity index (χ4v) is 1.52. The van der Waals surface area contributed by atoms with Gasteiger partial charge in [-0.25, -0.2) is 9.59 Å². The number of carbonyl (C=O) groups is 2. The summed E-state index contributed by atoms with van der Waals surface area (Å²) < 4.78 is 8.27. The van der Waals surface area contributed by atoms with E-state index >= 15 is 0 Å². The van der Waals surface area contributed by atoms with Crippen LogP contribution in [0, 0.1) is 0 Å². The van der Waals surface area contributed by atoms with Gasteiger partial charge in [-0.1, -0.05) is 9.59 Å². The SMILES string of the molecule is COCCCC(NC(=O)Nc1nnns1)C(=O)O. The van der Waals surface area contributed by atoms with Crippen LogP contribution in [0.4, 0.5) is 9.93 Å². The summed E-state index contributed by atoms with van der Waals surface area (Å²) in [6, 6.07) is -1.63. The van der Waals surface area contributed by atoms with Gasteiger partial charge in [-0.2, -0.15) is 0 Å². The minimum absolute atomic E-state index is 0.202. The van der Waals surface area contributed by atoms with E-state index in [1.807, 2.05) is 0 Å². The van der Waals surface area contributed by atoms with Crippen LogP contribution in [0.15, 0.2) is 0 Å². The number of nitrogens with one attached hydrogen (secondary N) is 2. The number of amides is 2. The summed E-state index contributed by atoms with van der Waals surface area (Å²) in [5.74, 6) is -1.10. The third kappa shape index (κ3) is 5.01. The molecule has 1 aromatic heterocycles. The van der Waals surface area contributed by atoms with Gasteiger partial charge in [0.05, 0.1) is 0 Å². The van der Waals surface area contributed by atoms with E-state index < -0.39 is 18.0 Å². The van der Waals surface area contributed by atoms with Crippen LogP contribution in [0.25, 0.3) is 0 Å². The number of rotatable bonds is 7. The molecular formula is C8H13N5O4S. The van der Waals surface area contributed by atoms with Crippen LogP contribution in [0.2, 0.25) is 0 Å². The molecule has 0 bridgehead atoms. The average molecular weight is 275 g/mol. The highest BCUT2D eigenvalue weighted by atomic mass is 32.1. The minimum atomic E-state index is -1.10. The predicted octanol–water partition coefficient (Wildman–Crippen LogP) is -0.0656. The Labute approximate surface area is 107 Å². The van der Waals surface area contributed by atoms with Crippen molar-refractivity contribution in [1.29, 1.82) is 0 Å². The summed E-state index contributed by atoms with van der Waals surface area (Å²) in [5, 5.41) is 20.6. The van der Waals surface area contributed by atoms with Crippen molar-refractivity contribution in [2.75, 3.05) is 19.0 Å². The van der Waals surface area contributed by atoms with Gasteiger partial charge in [-0.3, -0.25) is 5.32 Å². The Morgan fingerprint density at radius 2 is 2.33 bits per heavy atom. The molecule has 1 aromatic rings. The smallest absolute Gasteiger partial charge is 0.326 e. The predicted molar refractivity (Wildman–Crippen MR) is 62.4 cm³/mol. The molecule has 10 heteroatoms. The summed E-state index contributed by atoms with van der Waals surface area (Å²) in [6.07, 6.45) is 0.819.